The van der Waals surface area contributed by atoms with Gasteiger partial charge in [0.2, 0.25) is 5.91 Å². The molecule has 1 heterocycles. The Morgan fingerprint density at radius 2 is 1.48 bits per heavy atom. The molecule has 0 fully saturated rings. The first kappa shape index (κ1) is 27.7. The van der Waals surface area contributed by atoms with Gasteiger partial charge in [-0.15, -0.1) is 0 Å². The first-order valence-electron chi connectivity index (χ1n) is 13.3. The number of likely N-dealkylation sites (N-methyl/N-ethyl adjacent to an activating group) is 1. The van der Waals surface area contributed by atoms with Crippen LogP contribution in [-0.2, 0) is 4.79 Å². The zero-order chi connectivity index (χ0) is 22.6. The molecule has 180 valence electrons. The molecule has 0 saturated heterocycles. The lowest BCUT2D eigenvalue weighted by molar-refractivity contribution is -0.898. The molecular weight excluding hydrogens is 382 g/mol. The number of unbranched alkanes of at least 4 members (excludes halogenated alkanes) is 13. The zero-order valence-corrected chi connectivity index (χ0v) is 21.0. The van der Waals surface area contributed by atoms with Crippen molar-refractivity contribution in [1.29, 1.82) is 0 Å². The first-order valence-corrected chi connectivity index (χ1v) is 13.3. The predicted molar refractivity (Wildman–Crippen MR) is 134 cm³/mol. The molecule has 4 nitrogen and oxygen atoms in total. The number of hydrogen-bond acceptors (Lipinski definition) is 2. The van der Waals surface area contributed by atoms with E-state index in [0.717, 1.165) is 24.1 Å². The van der Waals surface area contributed by atoms with E-state index in [9.17, 15) is 4.79 Å². The van der Waals surface area contributed by atoms with E-state index in [0.29, 0.717) is 6.17 Å². The Balaban J connectivity index is 1.95. The molecule has 4 heteroatoms. The van der Waals surface area contributed by atoms with E-state index in [4.69, 9.17) is 0 Å². The van der Waals surface area contributed by atoms with Crippen LogP contribution in [0.15, 0.2) is 24.6 Å². The second kappa shape index (κ2) is 18.3. The summed E-state index contributed by atoms with van der Waals surface area (Å²) < 4.78 is 0.954. The van der Waals surface area contributed by atoms with Crippen LogP contribution in [0.1, 0.15) is 117 Å². The number of carbonyl (C=O) groups is 1. The molecule has 0 aromatic rings. The highest BCUT2D eigenvalue weighted by Gasteiger charge is 2.36. The van der Waals surface area contributed by atoms with E-state index in [1.807, 2.05) is 0 Å². The quantitative estimate of drug-likeness (QED) is 0.126. The monoisotopic (exact) mass is 434 g/mol. The highest BCUT2D eigenvalue weighted by Crippen LogP contribution is 2.23. The van der Waals surface area contributed by atoms with Crippen molar-refractivity contribution >= 4 is 5.91 Å². The van der Waals surface area contributed by atoms with Crippen LogP contribution in [0, 0.1) is 0 Å². The van der Waals surface area contributed by atoms with Crippen LogP contribution in [0.2, 0.25) is 0 Å². The summed E-state index contributed by atoms with van der Waals surface area (Å²) in [5.41, 5.74) is 0. The smallest absolute Gasteiger partial charge is 0.217 e. The number of rotatable bonds is 20. The van der Waals surface area contributed by atoms with Gasteiger partial charge in [0.25, 0.3) is 0 Å². The number of allylic oxidation sites excluding steroid dienone is 2. The second-order valence-electron chi connectivity index (χ2n) is 9.37. The van der Waals surface area contributed by atoms with E-state index in [-0.39, 0.29) is 5.91 Å². The molecule has 0 saturated carbocycles. The van der Waals surface area contributed by atoms with E-state index >= 15 is 0 Å². The third-order valence-electron chi connectivity index (χ3n) is 6.86. The number of amides is 1. The normalized spacial score (nSPS) is 20.4. The molecule has 1 aliphatic rings. The summed E-state index contributed by atoms with van der Waals surface area (Å²) in [4.78, 5) is 11.2. The minimum Gasteiger partial charge on any atom is -0.351 e. The molecular formula is C27H52N3O+. The van der Waals surface area contributed by atoms with Gasteiger partial charge in [-0.25, -0.2) is 0 Å². The maximum atomic E-state index is 11.2. The molecule has 0 aromatic heterocycles. The fraction of sp³-hybridized carbons (Fsp3) is 0.815. The molecule has 0 aliphatic carbocycles. The van der Waals surface area contributed by atoms with Gasteiger partial charge in [0, 0.05) is 13.3 Å². The molecule has 2 atom stereocenters. The molecule has 31 heavy (non-hydrogen) atoms. The average Bonchev–Trinajstić information content (AvgIpc) is 3.16. The topological polar surface area (TPSA) is 41.1 Å². The van der Waals surface area contributed by atoms with Crippen molar-refractivity contribution in [2.45, 2.75) is 123 Å². The Labute approximate surface area is 193 Å². The van der Waals surface area contributed by atoms with Gasteiger partial charge in [-0.1, -0.05) is 82.8 Å². The molecule has 2 N–H and O–H groups in total. The summed E-state index contributed by atoms with van der Waals surface area (Å²) in [5, 5.41) is 6.52. The molecule has 0 bridgehead atoms. The molecule has 0 radical (unpaired) electrons. The fourth-order valence-corrected chi connectivity index (χ4v) is 4.76. The van der Waals surface area contributed by atoms with Gasteiger partial charge in [-0.05, 0) is 33.1 Å². The van der Waals surface area contributed by atoms with Gasteiger partial charge in [-0.3, -0.25) is 9.28 Å². The SMILES string of the molecule is C/C=C/CCCCCCCCCCCCCCCC1NC=C[N+]1(CC)CCNC(C)=O. The highest BCUT2D eigenvalue weighted by molar-refractivity contribution is 5.72. The summed E-state index contributed by atoms with van der Waals surface area (Å²) in [6.45, 7) is 8.76. The van der Waals surface area contributed by atoms with Crippen LogP contribution in [-0.4, -0.2) is 36.2 Å². The van der Waals surface area contributed by atoms with E-state index < -0.39 is 0 Å². The van der Waals surface area contributed by atoms with Crippen LogP contribution in [0.5, 0.6) is 0 Å². The number of nitrogens with one attached hydrogen (secondary N) is 2. The van der Waals surface area contributed by atoms with Gasteiger partial charge in [0.15, 0.2) is 6.17 Å². The van der Waals surface area contributed by atoms with E-state index in [2.05, 4.69) is 49.0 Å². The highest BCUT2D eigenvalue weighted by atomic mass is 16.1. The molecule has 0 spiro atoms. The Kier molecular flexibility index (Phi) is 16.4. The summed E-state index contributed by atoms with van der Waals surface area (Å²) in [6.07, 6.45) is 30.0. The van der Waals surface area contributed by atoms with Gasteiger partial charge >= 0.3 is 0 Å². The van der Waals surface area contributed by atoms with Crippen molar-refractivity contribution in [3.8, 4) is 0 Å². The number of carbonyl (C=O) groups excluding carboxylic acids is 1. The maximum Gasteiger partial charge on any atom is 0.217 e. The Bertz CT molecular complexity index is 503. The third kappa shape index (κ3) is 13.0. The van der Waals surface area contributed by atoms with Gasteiger partial charge in [0.1, 0.15) is 12.7 Å². The van der Waals surface area contributed by atoms with Gasteiger partial charge in [-0.2, -0.15) is 0 Å². The summed E-state index contributed by atoms with van der Waals surface area (Å²) >= 11 is 0. The molecule has 1 amide bonds. The lowest BCUT2D eigenvalue weighted by atomic mass is 10.0. The van der Waals surface area contributed by atoms with Crippen molar-refractivity contribution in [2.24, 2.45) is 0 Å². The van der Waals surface area contributed by atoms with E-state index in [1.54, 1.807) is 6.92 Å². The summed E-state index contributed by atoms with van der Waals surface area (Å²) in [7, 11) is 0. The fourth-order valence-electron chi connectivity index (χ4n) is 4.76. The van der Waals surface area contributed by atoms with Crippen LogP contribution < -0.4 is 10.6 Å². The summed E-state index contributed by atoms with van der Waals surface area (Å²) in [6, 6.07) is 0. The summed E-state index contributed by atoms with van der Waals surface area (Å²) in [5.74, 6) is 0.0672. The van der Waals surface area contributed by atoms with Gasteiger partial charge in [0.05, 0.1) is 19.3 Å². The van der Waals surface area contributed by atoms with Crippen LogP contribution in [0.25, 0.3) is 0 Å². The molecule has 1 rings (SSSR count). The Hall–Kier alpha value is -1.29. The third-order valence-corrected chi connectivity index (χ3v) is 6.86. The molecule has 2 unspecified atom stereocenters. The first-order chi connectivity index (χ1) is 15.1. The van der Waals surface area contributed by atoms with Crippen molar-refractivity contribution in [2.75, 3.05) is 19.6 Å². The minimum absolute atomic E-state index is 0.0672. The predicted octanol–water partition coefficient (Wildman–Crippen LogP) is 6.79. The average molecular weight is 435 g/mol. The minimum atomic E-state index is 0.0672. The van der Waals surface area contributed by atoms with Gasteiger partial charge < -0.3 is 10.6 Å². The number of hydrogen-bond donors (Lipinski definition) is 2. The standard InChI is InChI=1S/C27H51N3O/c1-4-6-7-8-9-10-11-12-13-14-15-16-17-18-19-20-21-27-29-23-25-30(27,5-2)24-22-28-26(3)31/h4,6,23,25,27,29H,5,7-22,24H2,1-3H3/p+1/b6-4+. The van der Waals surface area contributed by atoms with Crippen LogP contribution in [0.4, 0.5) is 0 Å². The van der Waals surface area contributed by atoms with Crippen molar-refractivity contribution in [3.05, 3.63) is 24.6 Å². The lowest BCUT2D eigenvalue weighted by Gasteiger charge is -2.37. The lowest BCUT2D eigenvalue weighted by Crippen LogP contribution is -2.55. The van der Waals surface area contributed by atoms with Crippen molar-refractivity contribution in [1.82, 2.24) is 10.6 Å². The van der Waals surface area contributed by atoms with Crippen LogP contribution in [0.3, 0.4) is 0 Å². The largest absolute Gasteiger partial charge is 0.351 e. The Morgan fingerprint density at radius 1 is 0.935 bits per heavy atom. The van der Waals surface area contributed by atoms with Crippen LogP contribution >= 0.6 is 0 Å². The van der Waals surface area contributed by atoms with Crippen molar-refractivity contribution in [3.63, 3.8) is 0 Å². The molecule has 1 aliphatic heterocycles. The van der Waals surface area contributed by atoms with Crippen molar-refractivity contribution < 1.29 is 9.28 Å². The zero-order valence-electron chi connectivity index (χ0n) is 21.0. The molecule has 0 aromatic carbocycles. The maximum absolute atomic E-state index is 11.2. The van der Waals surface area contributed by atoms with E-state index in [1.165, 1.54) is 96.3 Å². The number of nitrogens with zero attached hydrogens (tertiary/aromatic N) is 1. The number of quaternary nitrogens is 1. The Morgan fingerprint density at radius 3 is 2.00 bits per heavy atom. The second-order valence-corrected chi connectivity index (χ2v) is 9.37.